The van der Waals surface area contributed by atoms with E-state index in [0.717, 1.165) is 42.3 Å². The first-order chi connectivity index (χ1) is 11.7. The summed E-state index contributed by atoms with van der Waals surface area (Å²) in [5, 5.41) is 0. The highest BCUT2D eigenvalue weighted by atomic mass is 16.5. The number of hydrogen-bond donors (Lipinski definition) is 1. The van der Waals surface area contributed by atoms with Gasteiger partial charge >= 0.3 is 0 Å². The van der Waals surface area contributed by atoms with Gasteiger partial charge in [-0.3, -0.25) is 0 Å². The lowest BCUT2D eigenvalue weighted by Gasteiger charge is -2.19. The third-order valence-electron chi connectivity index (χ3n) is 4.02. The third-order valence-corrected chi connectivity index (χ3v) is 4.02. The minimum atomic E-state index is 0.173. The summed E-state index contributed by atoms with van der Waals surface area (Å²) in [5.74, 6) is 2.67. The van der Waals surface area contributed by atoms with Crippen molar-refractivity contribution < 1.29 is 14.2 Å². The maximum atomic E-state index is 6.05. The van der Waals surface area contributed by atoms with Crippen LogP contribution in [0.1, 0.15) is 30.4 Å². The molecule has 1 unspecified atom stereocenters. The molecule has 0 aromatic heterocycles. The number of hydrogen-bond acceptors (Lipinski definition) is 4. The van der Waals surface area contributed by atoms with E-state index in [1.165, 1.54) is 5.56 Å². The van der Waals surface area contributed by atoms with Crippen LogP contribution in [0.4, 0.5) is 0 Å². The van der Waals surface area contributed by atoms with E-state index < -0.39 is 0 Å². The Morgan fingerprint density at radius 2 is 1.83 bits per heavy atom. The maximum absolute atomic E-state index is 6.05. The molecular formula is C20H27NO3. The van der Waals surface area contributed by atoms with Gasteiger partial charge in [0.1, 0.15) is 17.2 Å². The molecule has 1 atom stereocenters. The molecule has 0 saturated heterocycles. The van der Waals surface area contributed by atoms with Crippen LogP contribution in [-0.4, -0.2) is 27.4 Å². The summed E-state index contributed by atoms with van der Waals surface area (Å²) in [5.41, 5.74) is 8.35. The predicted octanol–water partition coefficient (Wildman–Crippen LogP) is 3.78. The Kier molecular flexibility index (Phi) is 6.94. The molecule has 24 heavy (non-hydrogen) atoms. The molecule has 130 valence electrons. The minimum absolute atomic E-state index is 0.173. The summed E-state index contributed by atoms with van der Waals surface area (Å²) in [6.45, 7) is 3.38. The molecule has 0 aliphatic carbocycles. The average Bonchev–Trinajstić information content (AvgIpc) is 2.64. The molecule has 4 nitrogen and oxygen atoms in total. The molecule has 2 rings (SSSR count). The van der Waals surface area contributed by atoms with Crippen molar-refractivity contribution in [2.24, 2.45) is 5.73 Å². The van der Waals surface area contributed by atoms with Crippen molar-refractivity contribution in [3.63, 3.8) is 0 Å². The highest BCUT2D eigenvalue weighted by molar-refractivity contribution is 5.44. The highest BCUT2D eigenvalue weighted by Gasteiger charge is 2.16. The van der Waals surface area contributed by atoms with Gasteiger partial charge in [0.25, 0.3) is 0 Å². The van der Waals surface area contributed by atoms with Gasteiger partial charge in [0.15, 0.2) is 0 Å². The Bertz CT molecular complexity index is 643. The van der Waals surface area contributed by atoms with Crippen molar-refractivity contribution in [2.75, 3.05) is 27.4 Å². The molecular weight excluding hydrogens is 302 g/mol. The quantitative estimate of drug-likeness (QED) is 0.761. The van der Waals surface area contributed by atoms with Gasteiger partial charge in [-0.05, 0) is 48.7 Å². The molecule has 0 radical (unpaired) electrons. The van der Waals surface area contributed by atoms with Crippen LogP contribution in [0.3, 0.4) is 0 Å². The molecule has 4 heteroatoms. The lowest BCUT2D eigenvalue weighted by Crippen LogP contribution is -2.16. The highest BCUT2D eigenvalue weighted by Crippen LogP contribution is 2.32. The van der Waals surface area contributed by atoms with E-state index in [0.29, 0.717) is 6.54 Å². The molecule has 0 heterocycles. The Balaban J connectivity index is 2.20. The van der Waals surface area contributed by atoms with E-state index in [-0.39, 0.29) is 5.92 Å². The Morgan fingerprint density at radius 1 is 1.00 bits per heavy atom. The molecule has 2 aromatic carbocycles. The molecule has 0 bridgehead atoms. The van der Waals surface area contributed by atoms with E-state index in [1.54, 1.807) is 14.2 Å². The first-order valence-electron chi connectivity index (χ1n) is 8.35. The zero-order valence-electron chi connectivity index (χ0n) is 14.7. The topological polar surface area (TPSA) is 53.7 Å². The van der Waals surface area contributed by atoms with Gasteiger partial charge in [-0.25, -0.2) is 0 Å². The number of rotatable bonds is 9. The van der Waals surface area contributed by atoms with Gasteiger partial charge in [-0.15, -0.1) is 0 Å². The van der Waals surface area contributed by atoms with Crippen molar-refractivity contribution in [3.05, 3.63) is 53.6 Å². The Labute approximate surface area is 144 Å². The summed E-state index contributed by atoms with van der Waals surface area (Å²) in [6.07, 6.45) is 1.83. The van der Waals surface area contributed by atoms with E-state index in [1.807, 2.05) is 30.3 Å². The van der Waals surface area contributed by atoms with Crippen molar-refractivity contribution in [3.8, 4) is 17.2 Å². The lowest BCUT2D eigenvalue weighted by molar-refractivity contribution is 0.317. The fourth-order valence-electron chi connectivity index (χ4n) is 2.74. The van der Waals surface area contributed by atoms with Crippen LogP contribution in [0.2, 0.25) is 0 Å². The second-order valence-electron chi connectivity index (χ2n) is 5.74. The van der Waals surface area contributed by atoms with Gasteiger partial charge in [0, 0.05) is 12.0 Å². The van der Waals surface area contributed by atoms with Gasteiger partial charge in [-0.1, -0.05) is 25.1 Å². The first kappa shape index (κ1) is 18.1. The lowest BCUT2D eigenvalue weighted by atomic mass is 9.91. The minimum Gasteiger partial charge on any atom is -0.497 e. The van der Waals surface area contributed by atoms with E-state index >= 15 is 0 Å². The van der Waals surface area contributed by atoms with Gasteiger partial charge in [-0.2, -0.15) is 0 Å². The molecule has 0 aliphatic heterocycles. The van der Waals surface area contributed by atoms with Crippen LogP contribution < -0.4 is 19.9 Å². The van der Waals surface area contributed by atoms with Crippen LogP contribution in [0.15, 0.2) is 42.5 Å². The number of nitrogens with two attached hydrogens (primary N) is 1. The second kappa shape index (κ2) is 9.18. The fourth-order valence-corrected chi connectivity index (χ4v) is 2.74. The van der Waals surface area contributed by atoms with E-state index in [4.69, 9.17) is 19.9 Å². The van der Waals surface area contributed by atoms with Crippen molar-refractivity contribution in [1.82, 2.24) is 0 Å². The zero-order valence-corrected chi connectivity index (χ0v) is 14.7. The first-order valence-corrected chi connectivity index (χ1v) is 8.35. The van der Waals surface area contributed by atoms with Crippen molar-refractivity contribution in [1.29, 1.82) is 0 Å². The van der Waals surface area contributed by atoms with E-state index in [2.05, 4.69) is 19.1 Å². The molecule has 0 spiro atoms. The molecule has 0 saturated carbocycles. The van der Waals surface area contributed by atoms with Gasteiger partial charge in [0.05, 0.1) is 20.8 Å². The fraction of sp³-hybridized carbons (Fsp3) is 0.400. The monoisotopic (exact) mass is 329 g/mol. The average molecular weight is 329 g/mol. The third kappa shape index (κ3) is 4.65. The molecule has 0 amide bonds. The predicted molar refractivity (Wildman–Crippen MR) is 97.3 cm³/mol. The Morgan fingerprint density at radius 3 is 2.50 bits per heavy atom. The number of methoxy groups -OCH3 is 2. The van der Waals surface area contributed by atoms with E-state index in [9.17, 15) is 0 Å². The Hall–Kier alpha value is -2.20. The van der Waals surface area contributed by atoms with Gasteiger partial charge in [0.2, 0.25) is 0 Å². The smallest absolute Gasteiger partial charge is 0.126 e. The zero-order chi connectivity index (χ0) is 17.4. The summed E-state index contributed by atoms with van der Waals surface area (Å²) in [4.78, 5) is 0. The van der Waals surface area contributed by atoms with Crippen LogP contribution in [0.5, 0.6) is 17.2 Å². The maximum Gasteiger partial charge on any atom is 0.126 e. The summed E-state index contributed by atoms with van der Waals surface area (Å²) in [6, 6.07) is 14.1. The van der Waals surface area contributed by atoms with Crippen molar-refractivity contribution >= 4 is 0 Å². The SMILES string of the molecule is CCCOc1cccc(CC(CN)c2ccc(OC)cc2OC)c1. The van der Waals surface area contributed by atoms with Crippen LogP contribution >= 0.6 is 0 Å². The second-order valence-corrected chi connectivity index (χ2v) is 5.74. The normalized spacial score (nSPS) is 11.8. The number of ether oxygens (including phenoxy) is 3. The molecule has 0 aliphatic rings. The van der Waals surface area contributed by atoms with Gasteiger partial charge < -0.3 is 19.9 Å². The standard InChI is InChI=1S/C20H27NO3/c1-4-10-24-18-7-5-6-15(12-18)11-16(14-21)19-9-8-17(22-2)13-20(19)23-3/h5-9,12-13,16H,4,10-11,14,21H2,1-3H3. The van der Waals surface area contributed by atoms with Crippen molar-refractivity contribution in [2.45, 2.75) is 25.7 Å². The summed E-state index contributed by atoms with van der Waals surface area (Å²) in [7, 11) is 3.32. The largest absolute Gasteiger partial charge is 0.497 e. The molecule has 2 N–H and O–H groups in total. The summed E-state index contributed by atoms with van der Waals surface area (Å²) < 4.78 is 16.5. The number of benzene rings is 2. The molecule has 2 aromatic rings. The van der Waals surface area contributed by atoms with Crippen LogP contribution in [0, 0.1) is 0 Å². The summed E-state index contributed by atoms with van der Waals surface area (Å²) >= 11 is 0. The molecule has 0 fully saturated rings. The van der Waals surface area contributed by atoms with Crippen LogP contribution in [0.25, 0.3) is 0 Å². The van der Waals surface area contributed by atoms with Crippen LogP contribution in [-0.2, 0) is 6.42 Å².